The molecule has 0 saturated heterocycles. The minimum Gasteiger partial charge on any atom is -0.396 e. The van der Waals surface area contributed by atoms with Gasteiger partial charge < -0.3 is 10.2 Å². The molecule has 0 unspecified atom stereocenters. The van der Waals surface area contributed by atoms with Gasteiger partial charge in [-0.15, -0.1) is 0 Å². The van der Waals surface area contributed by atoms with Crippen LogP contribution in [0.25, 0.3) is 0 Å². The molecule has 0 amide bonds. The number of fused-ring (bicyclic) bond motifs is 1. The Morgan fingerprint density at radius 2 is 2.06 bits per heavy atom. The van der Waals surface area contributed by atoms with Crippen molar-refractivity contribution in [3.05, 3.63) is 33.9 Å². The molecule has 2 N–H and O–H groups in total. The highest BCUT2D eigenvalue weighted by Gasteiger charge is 2.24. The second kappa shape index (κ2) is 4.36. The Morgan fingerprint density at radius 1 is 1.31 bits per heavy atom. The number of aryl methyl sites for hydroxylation is 1. The first-order valence-electron chi connectivity index (χ1n) is 5.58. The summed E-state index contributed by atoms with van der Waals surface area (Å²) < 4.78 is 0. The molecule has 1 aromatic rings. The number of Topliss-reactive ketones (excluding diaryl/α,β-unsaturated/α-hetero) is 1. The van der Waals surface area contributed by atoms with Crippen molar-refractivity contribution < 1.29 is 15.0 Å². The van der Waals surface area contributed by atoms with E-state index < -0.39 is 0 Å². The molecule has 3 nitrogen and oxygen atoms in total. The lowest BCUT2D eigenvalue weighted by molar-refractivity contribution is 0.0994. The zero-order chi connectivity index (χ0) is 11.7. The number of carbonyl (C=O) groups excluding carboxylic acids is 1. The molecule has 86 valence electrons. The molecule has 3 heteroatoms. The van der Waals surface area contributed by atoms with Gasteiger partial charge in [-0.2, -0.15) is 0 Å². The van der Waals surface area contributed by atoms with E-state index in [2.05, 4.69) is 0 Å². The van der Waals surface area contributed by atoms with Gasteiger partial charge in [0.25, 0.3) is 0 Å². The van der Waals surface area contributed by atoms with Crippen LogP contribution in [0.4, 0.5) is 0 Å². The van der Waals surface area contributed by atoms with E-state index in [1.807, 2.05) is 13.0 Å². The second-order valence-corrected chi connectivity index (χ2v) is 4.23. The maximum atomic E-state index is 11.7. The maximum absolute atomic E-state index is 11.7. The Balaban J connectivity index is 2.60. The Bertz CT molecular complexity index is 435. The summed E-state index contributed by atoms with van der Waals surface area (Å²) >= 11 is 0. The number of rotatable bonds is 3. The van der Waals surface area contributed by atoms with Gasteiger partial charge in [0.2, 0.25) is 0 Å². The first-order valence-corrected chi connectivity index (χ1v) is 5.58. The SMILES string of the molecule is Cc1c(CCO)c(CO)cc2c1C(=O)CC2. The van der Waals surface area contributed by atoms with Crippen molar-refractivity contribution in [2.75, 3.05) is 6.61 Å². The van der Waals surface area contributed by atoms with Gasteiger partial charge in [0.05, 0.1) is 6.61 Å². The Labute approximate surface area is 94.7 Å². The fourth-order valence-corrected chi connectivity index (χ4v) is 2.56. The van der Waals surface area contributed by atoms with Gasteiger partial charge in [-0.05, 0) is 42.0 Å². The van der Waals surface area contributed by atoms with E-state index in [1.54, 1.807) is 0 Å². The minimum atomic E-state index is -0.0301. The monoisotopic (exact) mass is 220 g/mol. The van der Waals surface area contributed by atoms with Crippen LogP contribution < -0.4 is 0 Å². The highest BCUT2D eigenvalue weighted by atomic mass is 16.3. The third-order valence-corrected chi connectivity index (χ3v) is 3.32. The Hall–Kier alpha value is -1.19. The number of aliphatic hydroxyl groups is 2. The molecule has 0 atom stereocenters. The van der Waals surface area contributed by atoms with E-state index >= 15 is 0 Å². The average molecular weight is 220 g/mol. The largest absolute Gasteiger partial charge is 0.396 e. The minimum absolute atomic E-state index is 0.0301. The Kier molecular flexibility index (Phi) is 3.08. The van der Waals surface area contributed by atoms with Crippen LogP contribution in [0.3, 0.4) is 0 Å². The summed E-state index contributed by atoms with van der Waals surface area (Å²) in [6.07, 6.45) is 1.85. The quantitative estimate of drug-likeness (QED) is 0.803. The molecule has 2 rings (SSSR count). The molecule has 0 heterocycles. The van der Waals surface area contributed by atoms with Gasteiger partial charge in [0, 0.05) is 18.6 Å². The molecule has 0 bridgehead atoms. The number of carbonyl (C=O) groups is 1. The molecule has 0 fully saturated rings. The van der Waals surface area contributed by atoms with Crippen molar-refractivity contribution >= 4 is 5.78 Å². The molecular weight excluding hydrogens is 204 g/mol. The lowest BCUT2D eigenvalue weighted by Gasteiger charge is -2.14. The molecule has 1 aliphatic carbocycles. The molecular formula is C13H16O3. The summed E-state index contributed by atoms with van der Waals surface area (Å²) in [5, 5.41) is 18.3. The molecule has 0 spiro atoms. The first kappa shape index (κ1) is 11.3. The fraction of sp³-hybridized carbons (Fsp3) is 0.462. The number of hydrogen-bond donors (Lipinski definition) is 2. The van der Waals surface area contributed by atoms with E-state index in [1.165, 1.54) is 0 Å². The fourth-order valence-electron chi connectivity index (χ4n) is 2.56. The maximum Gasteiger partial charge on any atom is 0.163 e. The summed E-state index contributed by atoms with van der Waals surface area (Å²) in [4.78, 5) is 11.7. The van der Waals surface area contributed by atoms with Crippen LogP contribution in [0.5, 0.6) is 0 Å². The highest BCUT2D eigenvalue weighted by Crippen LogP contribution is 2.30. The Morgan fingerprint density at radius 3 is 2.69 bits per heavy atom. The third-order valence-electron chi connectivity index (χ3n) is 3.32. The lowest BCUT2D eigenvalue weighted by atomic mass is 9.92. The molecule has 0 aliphatic heterocycles. The summed E-state index contributed by atoms with van der Waals surface area (Å²) in [7, 11) is 0. The standard InChI is InChI=1S/C13H16O3/c1-8-11(4-5-14)10(7-15)6-9-2-3-12(16)13(8)9/h6,14-15H,2-5,7H2,1H3. The number of benzene rings is 1. The van der Waals surface area contributed by atoms with Crippen molar-refractivity contribution in [3.8, 4) is 0 Å². The average Bonchev–Trinajstić information content (AvgIpc) is 2.64. The second-order valence-electron chi connectivity index (χ2n) is 4.23. The zero-order valence-electron chi connectivity index (χ0n) is 9.42. The van der Waals surface area contributed by atoms with Crippen LogP contribution in [0, 0.1) is 6.92 Å². The van der Waals surface area contributed by atoms with E-state index in [4.69, 9.17) is 5.11 Å². The van der Waals surface area contributed by atoms with Crippen LogP contribution in [-0.2, 0) is 19.4 Å². The van der Waals surface area contributed by atoms with Crippen molar-refractivity contribution in [2.24, 2.45) is 0 Å². The summed E-state index contributed by atoms with van der Waals surface area (Å²) in [5.74, 6) is 0.191. The predicted octanol–water partition coefficient (Wildman–Crippen LogP) is 1.15. The van der Waals surface area contributed by atoms with Gasteiger partial charge in [-0.3, -0.25) is 4.79 Å². The lowest BCUT2D eigenvalue weighted by Crippen LogP contribution is -2.06. The summed E-state index contributed by atoms with van der Waals surface area (Å²) in [6.45, 7) is 1.92. The van der Waals surface area contributed by atoms with Crippen LogP contribution in [0.1, 0.15) is 39.0 Å². The van der Waals surface area contributed by atoms with Crippen molar-refractivity contribution in [3.63, 3.8) is 0 Å². The predicted molar refractivity (Wildman–Crippen MR) is 60.5 cm³/mol. The molecule has 0 saturated carbocycles. The van der Waals surface area contributed by atoms with Gasteiger partial charge in [0.1, 0.15) is 0 Å². The van der Waals surface area contributed by atoms with Gasteiger partial charge in [-0.1, -0.05) is 6.07 Å². The van der Waals surface area contributed by atoms with Gasteiger partial charge >= 0.3 is 0 Å². The first-order chi connectivity index (χ1) is 7.69. The van der Waals surface area contributed by atoms with E-state index in [0.29, 0.717) is 12.8 Å². The topological polar surface area (TPSA) is 57.5 Å². The van der Waals surface area contributed by atoms with Crippen molar-refractivity contribution in [1.29, 1.82) is 0 Å². The number of ketones is 1. The summed E-state index contributed by atoms with van der Waals surface area (Å²) in [5.41, 5.74) is 4.59. The van der Waals surface area contributed by atoms with E-state index in [0.717, 1.165) is 34.2 Å². The molecule has 1 aliphatic rings. The molecule has 16 heavy (non-hydrogen) atoms. The number of aliphatic hydroxyl groups excluding tert-OH is 2. The highest BCUT2D eigenvalue weighted by molar-refractivity contribution is 6.02. The smallest absolute Gasteiger partial charge is 0.163 e. The molecule has 1 aromatic carbocycles. The van der Waals surface area contributed by atoms with E-state index in [9.17, 15) is 9.90 Å². The van der Waals surface area contributed by atoms with Gasteiger partial charge in [0.15, 0.2) is 5.78 Å². The van der Waals surface area contributed by atoms with Crippen molar-refractivity contribution in [1.82, 2.24) is 0 Å². The zero-order valence-corrected chi connectivity index (χ0v) is 9.42. The molecule has 0 aromatic heterocycles. The molecule has 0 radical (unpaired) electrons. The third kappa shape index (κ3) is 1.66. The summed E-state index contributed by atoms with van der Waals surface area (Å²) in [6, 6.07) is 1.91. The van der Waals surface area contributed by atoms with Crippen LogP contribution in [0.15, 0.2) is 6.07 Å². The van der Waals surface area contributed by atoms with E-state index in [-0.39, 0.29) is 19.0 Å². The van der Waals surface area contributed by atoms with Crippen LogP contribution in [0.2, 0.25) is 0 Å². The number of hydrogen-bond acceptors (Lipinski definition) is 3. The normalized spacial score (nSPS) is 14.3. The van der Waals surface area contributed by atoms with Crippen molar-refractivity contribution in [2.45, 2.75) is 32.8 Å². The van der Waals surface area contributed by atoms with Crippen LogP contribution >= 0.6 is 0 Å². The van der Waals surface area contributed by atoms with Gasteiger partial charge in [-0.25, -0.2) is 0 Å². The van der Waals surface area contributed by atoms with Crippen LogP contribution in [-0.4, -0.2) is 22.6 Å².